The van der Waals surface area contributed by atoms with Crippen LogP contribution in [0, 0.1) is 6.92 Å². The number of hydrogen-bond acceptors (Lipinski definition) is 2. The maximum atomic E-state index is 11.3. The highest BCUT2D eigenvalue weighted by atomic mass is 35.5. The van der Waals surface area contributed by atoms with Gasteiger partial charge in [-0.05, 0) is 24.6 Å². The zero-order chi connectivity index (χ0) is 16.4. The van der Waals surface area contributed by atoms with Crippen molar-refractivity contribution < 1.29 is 4.79 Å². The Morgan fingerprint density at radius 2 is 1.83 bits per heavy atom. The molecule has 3 aromatic rings. The Morgan fingerprint density at radius 3 is 2.48 bits per heavy atom. The second-order valence-corrected chi connectivity index (χ2v) is 6.18. The minimum absolute atomic E-state index is 0.505. The molecule has 0 saturated heterocycles. The van der Waals surface area contributed by atoms with E-state index in [2.05, 4.69) is 5.10 Å². The van der Waals surface area contributed by atoms with Gasteiger partial charge in [0.15, 0.2) is 6.29 Å². The van der Waals surface area contributed by atoms with Gasteiger partial charge < -0.3 is 0 Å². The van der Waals surface area contributed by atoms with Gasteiger partial charge in [-0.25, -0.2) is 0 Å². The van der Waals surface area contributed by atoms with E-state index in [9.17, 15) is 4.79 Å². The van der Waals surface area contributed by atoms with E-state index in [1.165, 1.54) is 0 Å². The van der Waals surface area contributed by atoms with Gasteiger partial charge in [0.1, 0.15) is 5.69 Å². The van der Waals surface area contributed by atoms with Crippen LogP contribution in [-0.4, -0.2) is 16.1 Å². The number of rotatable bonds is 4. The number of aryl methyl sites for hydroxylation is 1. The molecule has 0 N–H and O–H groups in total. The number of carbonyl (C=O) groups is 1. The molecule has 23 heavy (non-hydrogen) atoms. The number of halogens is 2. The van der Waals surface area contributed by atoms with Crippen LogP contribution in [0.3, 0.4) is 0 Å². The molecule has 0 bridgehead atoms. The third-order valence-electron chi connectivity index (χ3n) is 3.57. The molecule has 0 unspecified atom stereocenters. The summed E-state index contributed by atoms with van der Waals surface area (Å²) in [5.41, 5.74) is 4.30. The smallest absolute Gasteiger partial charge is 0.153 e. The topological polar surface area (TPSA) is 34.9 Å². The van der Waals surface area contributed by atoms with Crippen molar-refractivity contribution in [3.8, 4) is 11.3 Å². The van der Waals surface area contributed by atoms with E-state index >= 15 is 0 Å². The largest absolute Gasteiger partial charge is 0.298 e. The van der Waals surface area contributed by atoms with Gasteiger partial charge in [0, 0.05) is 11.8 Å². The fourth-order valence-corrected chi connectivity index (χ4v) is 2.69. The Balaban J connectivity index is 1.93. The van der Waals surface area contributed by atoms with E-state index in [1.807, 2.05) is 37.3 Å². The highest BCUT2D eigenvalue weighted by molar-refractivity contribution is 6.42. The third-order valence-corrected chi connectivity index (χ3v) is 4.31. The molecule has 0 aliphatic carbocycles. The van der Waals surface area contributed by atoms with Crippen molar-refractivity contribution in [2.45, 2.75) is 13.5 Å². The summed E-state index contributed by atoms with van der Waals surface area (Å²) in [5, 5.41) is 5.56. The van der Waals surface area contributed by atoms with Crippen molar-refractivity contribution in [2.75, 3.05) is 0 Å². The van der Waals surface area contributed by atoms with E-state index in [-0.39, 0.29) is 0 Å². The van der Waals surface area contributed by atoms with Crippen LogP contribution in [0.5, 0.6) is 0 Å². The lowest BCUT2D eigenvalue weighted by Crippen LogP contribution is -2.00. The fourth-order valence-electron chi connectivity index (χ4n) is 2.36. The average Bonchev–Trinajstić information content (AvgIpc) is 2.94. The number of nitrogens with zero attached hydrogens (tertiary/aromatic N) is 2. The van der Waals surface area contributed by atoms with Crippen LogP contribution in [0.1, 0.15) is 21.5 Å². The summed E-state index contributed by atoms with van der Waals surface area (Å²) >= 11 is 12.0. The predicted molar refractivity (Wildman–Crippen MR) is 93.4 cm³/mol. The summed E-state index contributed by atoms with van der Waals surface area (Å²) in [6.07, 6.45) is 2.57. The Kier molecular flexibility index (Phi) is 4.51. The van der Waals surface area contributed by atoms with Crippen molar-refractivity contribution >= 4 is 29.5 Å². The Hall–Kier alpha value is -2.10. The molecule has 2 aromatic carbocycles. The molecule has 0 fully saturated rings. The Labute approximate surface area is 144 Å². The first-order chi connectivity index (χ1) is 11.1. The van der Waals surface area contributed by atoms with Gasteiger partial charge in [-0.1, -0.05) is 59.1 Å². The number of aromatic nitrogens is 2. The maximum Gasteiger partial charge on any atom is 0.153 e. The molecule has 0 radical (unpaired) electrons. The summed E-state index contributed by atoms with van der Waals surface area (Å²) in [6, 6.07) is 13.4. The van der Waals surface area contributed by atoms with Crippen molar-refractivity contribution in [3.63, 3.8) is 0 Å². The van der Waals surface area contributed by atoms with Gasteiger partial charge in [-0.3, -0.25) is 9.48 Å². The molecule has 3 nitrogen and oxygen atoms in total. The monoisotopic (exact) mass is 344 g/mol. The lowest BCUT2D eigenvalue weighted by atomic mass is 10.1. The molecule has 0 atom stereocenters. The molecule has 0 amide bonds. The van der Waals surface area contributed by atoms with Crippen LogP contribution in [0.2, 0.25) is 10.0 Å². The van der Waals surface area contributed by atoms with E-state index in [0.717, 1.165) is 23.0 Å². The second-order valence-electron chi connectivity index (χ2n) is 5.36. The van der Waals surface area contributed by atoms with Gasteiger partial charge in [0.05, 0.1) is 22.2 Å². The number of hydrogen-bond donors (Lipinski definition) is 0. The van der Waals surface area contributed by atoms with Crippen LogP contribution < -0.4 is 0 Å². The molecule has 116 valence electrons. The van der Waals surface area contributed by atoms with E-state index < -0.39 is 0 Å². The summed E-state index contributed by atoms with van der Waals surface area (Å²) in [6.45, 7) is 2.54. The number of aldehydes is 1. The fraction of sp³-hybridized carbons (Fsp3) is 0.111. The average molecular weight is 345 g/mol. The standard InChI is InChI=1S/C18H14Cl2N2O/c1-12-2-5-14(6-3-12)18-15(11-23)10-22(21-18)9-13-4-7-16(19)17(20)8-13/h2-8,10-11H,9H2,1H3. The minimum Gasteiger partial charge on any atom is -0.298 e. The molecule has 1 heterocycles. The summed E-state index contributed by atoms with van der Waals surface area (Å²) < 4.78 is 1.73. The van der Waals surface area contributed by atoms with Crippen molar-refractivity contribution in [3.05, 3.63) is 75.4 Å². The quantitative estimate of drug-likeness (QED) is 0.622. The normalized spacial score (nSPS) is 10.7. The van der Waals surface area contributed by atoms with Gasteiger partial charge in [-0.15, -0.1) is 0 Å². The Morgan fingerprint density at radius 1 is 1.09 bits per heavy atom. The SMILES string of the molecule is Cc1ccc(-c2nn(Cc3ccc(Cl)c(Cl)c3)cc2C=O)cc1. The first-order valence-corrected chi connectivity index (χ1v) is 7.86. The zero-order valence-corrected chi connectivity index (χ0v) is 14.0. The van der Waals surface area contributed by atoms with Crippen LogP contribution in [0.4, 0.5) is 0 Å². The van der Waals surface area contributed by atoms with Gasteiger partial charge in [0.2, 0.25) is 0 Å². The minimum atomic E-state index is 0.505. The highest BCUT2D eigenvalue weighted by Gasteiger charge is 2.11. The van der Waals surface area contributed by atoms with E-state index in [1.54, 1.807) is 23.0 Å². The molecule has 0 spiro atoms. The van der Waals surface area contributed by atoms with Crippen LogP contribution >= 0.6 is 23.2 Å². The second kappa shape index (κ2) is 6.57. The van der Waals surface area contributed by atoms with Gasteiger partial charge in [0.25, 0.3) is 0 Å². The third kappa shape index (κ3) is 3.46. The summed E-state index contributed by atoms with van der Waals surface area (Å²) in [7, 11) is 0. The molecule has 0 aliphatic heterocycles. The van der Waals surface area contributed by atoms with Crippen molar-refractivity contribution in [2.24, 2.45) is 0 Å². The van der Waals surface area contributed by atoms with Gasteiger partial charge >= 0.3 is 0 Å². The number of benzene rings is 2. The van der Waals surface area contributed by atoms with Crippen molar-refractivity contribution in [1.82, 2.24) is 9.78 Å². The highest BCUT2D eigenvalue weighted by Crippen LogP contribution is 2.24. The molecule has 1 aromatic heterocycles. The zero-order valence-electron chi connectivity index (χ0n) is 12.5. The van der Waals surface area contributed by atoms with Crippen LogP contribution in [-0.2, 0) is 6.54 Å². The summed E-state index contributed by atoms with van der Waals surface area (Å²) in [5.74, 6) is 0. The molecule has 5 heteroatoms. The van der Waals surface area contributed by atoms with Gasteiger partial charge in [-0.2, -0.15) is 5.10 Å². The molecular formula is C18H14Cl2N2O. The number of carbonyl (C=O) groups excluding carboxylic acids is 1. The molecule has 3 rings (SSSR count). The molecule has 0 aliphatic rings. The van der Waals surface area contributed by atoms with Crippen LogP contribution in [0.15, 0.2) is 48.7 Å². The molecular weight excluding hydrogens is 331 g/mol. The summed E-state index contributed by atoms with van der Waals surface area (Å²) in [4.78, 5) is 11.3. The predicted octanol–water partition coefficient (Wildman–Crippen LogP) is 5.03. The van der Waals surface area contributed by atoms with E-state index in [0.29, 0.717) is 27.8 Å². The van der Waals surface area contributed by atoms with E-state index in [4.69, 9.17) is 23.2 Å². The maximum absolute atomic E-state index is 11.3. The molecule has 0 saturated carbocycles. The first kappa shape index (κ1) is 15.8. The first-order valence-electron chi connectivity index (χ1n) is 7.10. The van der Waals surface area contributed by atoms with Crippen LogP contribution in [0.25, 0.3) is 11.3 Å². The lowest BCUT2D eigenvalue weighted by molar-refractivity contribution is 0.112. The van der Waals surface area contributed by atoms with Crippen molar-refractivity contribution in [1.29, 1.82) is 0 Å². The lowest BCUT2D eigenvalue weighted by Gasteiger charge is -2.04. The Bertz CT molecular complexity index is 854.